The molecule has 0 aromatic rings. The van der Waals surface area contributed by atoms with Crippen LogP contribution in [0, 0.1) is 0 Å². The van der Waals surface area contributed by atoms with E-state index >= 15 is 0 Å². The predicted octanol–water partition coefficient (Wildman–Crippen LogP) is 0.347. The summed E-state index contributed by atoms with van der Waals surface area (Å²) in [6.45, 7) is 0. The molecule has 0 aromatic heterocycles. The summed E-state index contributed by atoms with van der Waals surface area (Å²) in [7, 11) is -6.15. The van der Waals surface area contributed by atoms with Crippen molar-refractivity contribution < 1.29 is 21.4 Å². The zero-order chi connectivity index (χ0) is 10.5. The maximum Gasteiger partial charge on any atom is 0.264 e. The van der Waals surface area contributed by atoms with Gasteiger partial charge in [0.15, 0.2) is 8.87 Å². The summed E-state index contributed by atoms with van der Waals surface area (Å²) in [6, 6.07) is 0. The van der Waals surface area contributed by atoms with Crippen LogP contribution in [0.2, 0.25) is 0 Å². The van der Waals surface area contributed by atoms with Crippen LogP contribution in [0.5, 0.6) is 0 Å². The molecular weight excluding hydrogens is 236 g/mol. The second-order valence-electron chi connectivity index (χ2n) is 2.52. The molecule has 0 aliphatic heterocycles. The summed E-state index contributed by atoms with van der Waals surface area (Å²) in [5, 5.41) is 0. The van der Waals surface area contributed by atoms with E-state index in [1.54, 1.807) is 0 Å². The van der Waals surface area contributed by atoms with Crippen molar-refractivity contribution in [3.8, 4) is 0 Å². The molecular formula is C5H12O5S3. The van der Waals surface area contributed by atoms with Gasteiger partial charge in [0.25, 0.3) is 10.1 Å². The third-order valence-electron chi connectivity index (χ3n) is 1.09. The van der Waals surface area contributed by atoms with Gasteiger partial charge in [-0.1, -0.05) is 0 Å². The molecule has 8 heteroatoms. The highest BCUT2D eigenvalue weighted by Gasteiger charge is 2.05. The molecule has 13 heavy (non-hydrogen) atoms. The Morgan fingerprint density at radius 3 is 2.08 bits per heavy atom. The van der Waals surface area contributed by atoms with Crippen molar-refractivity contribution in [1.29, 1.82) is 0 Å². The van der Waals surface area contributed by atoms with Crippen LogP contribution < -0.4 is 0 Å². The third kappa shape index (κ3) is 12.2. The maximum atomic E-state index is 10.6. The van der Waals surface area contributed by atoms with Crippen molar-refractivity contribution in [3.63, 3.8) is 0 Å². The smallest absolute Gasteiger partial charge is 0.264 e. The summed E-state index contributed by atoms with van der Waals surface area (Å²) in [5.74, 6) is 0.0473. The quantitative estimate of drug-likeness (QED) is 0.414. The largest absolute Gasteiger partial charge is 0.286 e. The summed E-state index contributed by atoms with van der Waals surface area (Å²) >= 11 is 0. The molecule has 0 amide bonds. The summed E-state index contributed by atoms with van der Waals surface area (Å²) in [4.78, 5) is 0. The highest BCUT2D eigenvalue weighted by atomic mass is 33.1. The molecule has 1 N–H and O–H groups in total. The molecule has 0 bridgehead atoms. The Morgan fingerprint density at radius 2 is 1.69 bits per heavy atom. The Hall–Kier alpha value is 0.210. The predicted molar refractivity (Wildman–Crippen MR) is 53.0 cm³/mol. The van der Waals surface area contributed by atoms with Crippen LogP contribution in [0.3, 0.4) is 0 Å². The fourth-order valence-corrected chi connectivity index (χ4v) is 3.05. The monoisotopic (exact) mass is 248 g/mol. The van der Waals surface area contributed by atoms with E-state index < -0.39 is 19.0 Å². The Labute approximate surface area is 82.0 Å². The van der Waals surface area contributed by atoms with Gasteiger partial charge in [0.05, 0.1) is 5.75 Å². The van der Waals surface area contributed by atoms with Crippen molar-refractivity contribution in [3.05, 3.63) is 0 Å². The van der Waals surface area contributed by atoms with E-state index in [2.05, 4.69) is 0 Å². The molecule has 5 nitrogen and oxygen atoms in total. The first-order valence-corrected chi connectivity index (χ1v) is 8.50. The SMILES string of the molecule is CS(=O)(=O)SCCCCS(=O)(=O)O. The Kier molecular flexibility index (Phi) is 5.26. The molecule has 0 aliphatic carbocycles. The lowest BCUT2D eigenvalue weighted by Gasteiger charge is -1.97. The summed E-state index contributed by atoms with van der Waals surface area (Å²) < 4.78 is 49.9. The first-order valence-electron chi connectivity index (χ1n) is 3.50. The fourth-order valence-electron chi connectivity index (χ4n) is 0.597. The van der Waals surface area contributed by atoms with Crippen LogP contribution in [0.25, 0.3) is 0 Å². The molecule has 0 unspecified atom stereocenters. The average Bonchev–Trinajstić information content (AvgIpc) is 1.81. The maximum absolute atomic E-state index is 10.6. The van der Waals surface area contributed by atoms with Crippen molar-refractivity contribution in [2.24, 2.45) is 0 Å². The Bertz CT molecular complexity index is 293. The molecule has 0 heterocycles. The molecule has 0 saturated heterocycles. The second kappa shape index (κ2) is 5.18. The van der Waals surface area contributed by atoms with Crippen LogP contribution >= 0.6 is 10.8 Å². The van der Waals surface area contributed by atoms with E-state index in [4.69, 9.17) is 4.55 Å². The van der Waals surface area contributed by atoms with Gasteiger partial charge in [0, 0.05) is 12.0 Å². The van der Waals surface area contributed by atoms with E-state index in [9.17, 15) is 16.8 Å². The standard InChI is InChI=1S/C5H12O5S3/c1-12(6,7)11-4-2-3-5-13(8,9)10/h2-5H2,1H3,(H,8,9,10). The van der Waals surface area contributed by atoms with Crippen molar-refractivity contribution in [1.82, 2.24) is 0 Å². The Balaban J connectivity index is 3.50. The van der Waals surface area contributed by atoms with Gasteiger partial charge in [-0.25, -0.2) is 8.42 Å². The lowest BCUT2D eigenvalue weighted by molar-refractivity contribution is 0.481. The first-order chi connectivity index (χ1) is 5.71. The van der Waals surface area contributed by atoms with Crippen LogP contribution in [0.4, 0.5) is 0 Å². The molecule has 0 spiro atoms. The second-order valence-corrected chi connectivity index (χ2v) is 8.67. The molecule has 0 radical (unpaired) electrons. The van der Waals surface area contributed by atoms with Crippen LogP contribution in [0.15, 0.2) is 0 Å². The van der Waals surface area contributed by atoms with Crippen LogP contribution in [-0.4, -0.2) is 39.1 Å². The number of rotatable bonds is 6. The van der Waals surface area contributed by atoms with Gasteiger partial charge in [0.2, 0.25) is 0 Å². The molecule has 0 rings (SSSR count). The van der Waals surface area contributed by atoms with E-state index in [1.165, 1.54) is 0 Å². The van der Waals surface area contributed by atoms with E-state index in [-0.39, 0.29) is 12.2 Å². The zero-order valence-corrected chi connectivity index (χ0v) is 9.58. The van der Waals surface area contributed by atoms with Gasteiger partial charge < -0.3 is 0 Å². The normalized spacial score (nSPS) is 13.1. The van der Waals surface area contributed by atoms with Crippen molar-refractivity contribution in [2.75, 3.05) is 17.8 Å². The van der Waals surface area contributed by atoms with E-state index in [1.807, 2.05) is 0 Å². The van der Waals surface area contributed by atoms with Crippen LogP contribution in [0.1, 0.15) is 12.8 Å². The topological polar surface area (TPSA) is 88.5 Å². The minimum atomic E-state index is -3.90. The minimum absolute atomic E-state index is 0.279. The average molecular weight is 248 g/mol. The lowest BCUT2D eigenvalue weighted by atomic mass is 10.4. The molecule has 0 aromatic carbocycles. The van der Waals surface area contributed by atoms with Crippen molar-refractivity contribution >= 4 is 29.8 Å². The third-order valence-corrected chi connectivity index (χ3v) is 4.57. The van der Waals surface area contributed by atoms with Gasteiger partial charge in [-0.15, -0.1) is 0 Å². The molecule has 0 fully saturated rings. The van der Waals surface area contributed by atoms with E-state index in [0.717, 1.165) is 17.0 Å². The molecule has 0 atom stereocenters. The molecule has 80 valence electrons. The van der Waals surface area contributed by atoms with Crippen molar-refractivity contribution in [2.45, 2.75) is 12.8 Å². The first kappa shape index (κ1) is 13.2. The summed E-state index contributed by atoms with van der Waals surface area (Å²) in [5.41, 5.74) is 0. The number of hydrogen-bond acceptors (Lipinski definition) is 5. The molecule has 0 saturated carbocycles. The minimum Gasteiger partial charge on any atom is -0.286 e. The summed E-state index contributed by atoms with van der Waals surface area (Å²) in [6.07, 6.45) is 1.83. The lowest BCUT2D eigenvalue weighted by Crippen LogP contribution is -2.04. The van der Waals surface area contributed by atoms with E-state index in [0.29, 0.717) is 12.2 Å². The van der Waals surface area contributed by atoms with Gasteiger partial charge >= 0.3 is 0 Å². The van der Waals surface area contributed by atoms with Crippen LogP contribution in [-0.2, 0) is 19.0 Å². The highest BCUT2D eigenvalue weighted by molar-refractivity contribution is 8.71. The zero-order valence-electron chi connectivity index (χ0n) is 7.13. The Morgan fingerprint density at radius 1 is 1.15 bits per heavy atom. The molecule has 0 aliphatic rings. The number of unbranched alkanes of at least 4 members (excludes halogenated alkanes) is 1. The van der Waals surface area contributed by atoms with Gasteiger partial charge in [-0.05, 0) is 23.6 Å². The highest BCUT2D eigenvalue weighted by Crippen LogP contribution is 2.12. The van der Waals surface area contributed by atoms with Gasteiger partial charge in [-0.2, -0.15) is 8.42 Å². The van der Waals surface area contributed by atoms with Gasteiger partial charge in [0.1, 0.15) is 0 Å². The fraction of sp³-hybridized carbons (Fsp3) is 1.00. The van der Waals surface area contributed by atoms with Gasteiger partial charge in [-0.3, -0.25) is 4.55 Å². The number of hydrogen-bond donors (Lipinski definition) is 1.